The highest BCUT2D eigenvalue weighted by molar-refractivity contribution is 8.00. The van der Waals surface area contributed by atoms with Gasteiger partial charge in [-0.25, -0.2) is 4.98 Å². The van der Waals surface area contributed by atoms with Crippen molar-refractivity contribution >= 4 is 17.4 Å². The number of hydrogen-bond acceptors (Lipinski definition) is 4. The van der Waals surface area contributed by atoms with Crippen molar-refractivity contribution in [2.24, 2.45) is 0 Å². The first kappa shape index (κ1) is 11.0. The van der Waals surface area contributed by atoms with Crippen molar-refractivity contribution in [3.8, 4) is 0 Å². The molecule has 5 heteroatoms. The quantitative estimate of drug-likeness (QED) is 0.429. The van der Waals surface area contributed by atoms with E-state index in [1.165, 1.54) is 17.8 Å². The van der Waals surface area contributed by atoms with Crippen LogP contribution < -0.4 is 0 Å². The van der Waals surface area contributed by atoms with Crippen LogP contribution in [0.15, 0.2) is 23.4 Å². The SMILES string of the molecule is CC(C)(C)Sc1ncccc1[N+](=O)[O-]. The van der Waals surface area contributed by atoms with Gasteiger partial charge in [0.25, 0.3) is 0 Å². The summed E-state index contributed by atoms with van der Waals surface area (Å²) >= 11 is 1.40. The van der Waals surface area contributed by atoms with E-state index < -0.39 is 4.92 Å². The average molecular weight is 212 g/mol. The van der Waals surface area contributed by atoms with E-state index in [4.69, 9.17) is 0 Å². The lowest BCUT2D eigenvalue weighted by molar-refractivity contribution is -0.388. The van der Waals surface area contributed by atoms with Gasteiger partial charge in [-0.05, 0) is 6.07 Å². The summed E-state index contributed by atoms with van der Waals surface area (Å²) in [4.78, 5) is 14.3. The van der Waals surface area contributed by atoms with Crippen molar-refractivity contribution < 1.29 is 4.92 Å². The van der Waals surface area contributed by atoms with Gasteiger partial charge >= 0.3 is 5.69 Å². The summed E-state index contributed by atoms with van der Waals surface area (Å²) in [6, 6.07) is 3.05. The van der Waals surface area contributed by atoms with Crippen LogP contribution >= 0.6 is 11.8 Å². The standard InChI is InChI=1S/C9H12N2O2S/c1-9(2,3)14-8-7(11(12)13)5-4-6-10-8/h4-6H,1-3H3. The maximum absolute atomic E-state index is 10.7. The minimum atomic E-state index is -0.402. The molecule has 0 spiro atoms. The van der Waals surface area contributed by atoms with Gasteiger partial charge in [0, 0.05) is 17.0 Å². The van der Waals surface area contributed by atoms with Gasteiger partial charge in [0.1, 0.15) is 0 Å². The van der Waals surface area contributed by atoms with Crippen molar-refractivity contribution in [2.75, 3.05) is 0 Å². The van der Waals surface area contributed by atoms with Crippen LogP contribution in [0.4, 0.5) is 5.69 Å². The number of hydrogen-bond donors (Lipinski definition) is 0. The van der Waals surface area contributed by atoms with Crippen LogP contribution in [0.5, 0.6) is 0 Å². The maximum Gasteiger partial charge on any atom is 0.301 e. The molecule has 0 unspecified atom stereocenters. The third-order valence-electron chi connectivity index (χ3n) is 1.35. The minimum absolute atomic E-state index is 0.0703. The molecule has 0 saturated heterocycles. The summed E-state index contributed by atoms with van der Waals surface area (Å²) in [5.74, 6) is 0. The lowest BCUT2D eigenvalue weighted by atomic mass is 10.3. The van der Waals surface area contributed by atoms with E-state index in [-0.39, 0.29) is 10.4 Å². The van der Waals surface area contributed by atoms with Gasteiger partial charge in [0.15, 0.2) is 5.03 Å². The Kier molecular flexibility index (Phi) is 3.10. The third-order valence-corrected chi connectivity index (χ3v) is 2.47. The van der Waals surface area contributed by atoms with Crippen LogP contribution in [0.3, 0.4) is 0 Å². The Morgan fingerprint density at radius 1 is 1.50 bits per heavy atom. The molecule has 1 heterocycles. The number of nitro groups is 1. The molecule has 76 valence electrons. The first-order valence-electron chi connectivity index (χ1n) is 4.18. The van der Waals surface area contributed by atoms with Crippen molar-refractivity contribution in [1.29, 1.82) is 0 Å². The Balaban J connectivity index is 3.02. The lowest BCUT2D eigenvalue weighted by Crippen LogP contribution is -2.08. The van der Waals surface area contributed by atoms with Crippen LogP contribution in [0, 0.1) is 10.1 Å². The number of pyridine rings is 1. The minimum Gasteiger partial charge on any atom is -0.258 e. The molecule has 1 aromatic rings. The second-order valence-electron chi connectivity index (χ2n) is 3.80. The van der Waals surface area contributed by atoms with Crippen LogP contribution in [0.25, 0.3) is 0 Å². The Bertz CT molecular complexity index is 347. The predicted molar refractivity (Wildman–Crippen MR) is 56.5 cm³/mol. The number of rotatable bonds is 2. The molecule has 0 aliphatic carbocycles. The number of nitrogens with zero attached hydrogens (tertiary/aromatic N) is 2. The molecule has 0 N–H and O–H groups in total. The molecule has 0 fully saturated rings. The zero-order valence-electron chi connectivity index (χ0n) is 8.35. The fourth-order valence-corrected chi connectivity index (χ4v) is 1.83. The molecule has 0 bridgehead atoms. The van der Waals surface area contributed by atoms with Crippen LogP contribution in [-0.2, 0) is 0 Å². The molecule has 0 atom stereocenters. The lowest BCUT2D eigenvalue weighted by Gasteiger charge is -2.16. The van der Waals surface area contributed by atoms with Crippen molar-refractivity contribution in [3.05, 3.63) is 28.4 Å². The summed E-state index contributed by atoms with van der Waals surface area (Å²) in [6.45, 7) is 5.99. The van der Waals surface area contributed by atoms with Gasteiger partial charge in [0.2, 0.25) is 0 Å². The first-order chi connectivity index (χ1) is 6.40. The van der Waals surface area contributed by atoms with Gasteiger partial charge in [-0.1, -0.05) is 32.5 Å². The molecule has 14 heavy (non-hydrogen) atoms. The van der Waals surface area contributed by atoms with E-state index in [9.17, 15) is 10.1 Å². The van der Waals surface area contributed by atoms with Crippen molar-refractivity contribution in [3.63, 3.8) is 0 Å². The summed E-state index contributed by atoms with van der Waals surface area (Å²) in [5, 5.41) is 11.1. The van der Waals surface area contributed by atoms with Gasteiger partial charge in [-0.3, -0.25) is 10.1 Å². The fourth-order valence-electron chi connectivity index (χ4n) is 0.890. The Morgan fingerprint density at radius 3 is 2.64 bits per heavy atom. The normalized spacial score (nSPS) is 11.4. The van der Waals surface area contributed by atoms with E-state index in [0.29, 0.717) is 5.03 Å². The monoisotopic (exact) mass is 212 g/mol. The van der Waals surface area contributed by atoms with Crippen molar-refractivity contribution in [2.45, 2.75) is 30.5 Å². The second-order valence-corrected chi connectivity index (χ2v) is 5.61. The Morgan fingerprint density at radius 2 is 2.14 bits per heavy atom. The Labute approximate surface area is 86.9 Å². The molecule has 0 aliphatic rings. The van der Waals surface area contributed by atoms with Gasteiger partial charge in [0.05, 0.1) is 4.92 Å². The van der Waals surface area contributed by atoms with Crippen LogP contribution in [-0.4, -0.2) is 14.7 Å². The topological polar surface area (TPSA) is 56.0 Å². The third kappa shape index (κ3) is 2.99. The van der Waals surface area contributed by atoms with Crippen LogP contribution in [0.1, 0.15) is 20.8 Å². The van der Waals surface area contributed by atoms with E-state index in [0.717, 1.165) is 0 Å². The molecule has 4 nitrogen and oxygen atoms in total. The van der Waals surface area contributed by atoms with E-state index >= 15 is 0 Å². The molecule has 0 radical (unpaired) electrons. The molecule has 0 aromatic carbocycles. The summed E-state index contributed by atoms with van der Waals surface area (Å²) < 4.78 is -0.0703. The molecule has 0 saturated carbocycles. The number of aromatic nitrogens is 1. The molecule has 1 rings (SSSR count). The Hall–Kier alpha value is -1.10. The first-order valence-corrected chi connectivity index (χ1v) is 5.00. The second kappa shape index (κ2) is 3.96. The summed E-state index contributed by atoms with van der Waals surface area (Å²) in [5.41, 5.74) is 0.0763. The zero-order valence-corrected chi connectivity index (χ0v) is 9.17. The van der Waals surface area contributed by atoms with E-state index in [2.05, 4.69) is 4.98 Å². The predicted octanol–water partition coefficient (Wildman–Crippen LogP) is 2.88. The van der Waals surface area contributed by atoms with Crippen molar-refractivity contribution in [1.82, 2.24) is 4.98 Å². The molecule has 0 aliphatic heterocycles. The van der Waals surface area contributed by atoms with Crippen LogP contribution in [0.2, 0.25) is 0 Å². The summed E-state index contributed by atoms with van der Waals surface area (Å²) in [6.07, 6.45) is 1.57. The van der Waals surface area contributed by atoms with E-state index in [1.807, 2.05) is 20.8 Å². The van der Waals surface area contributed by atoms with Gasteiger partial charge in [-0.2, -0.15) is 0 Å². The van der Waals surface area contributed by atoms with Gasteiger partial charge in [-0.15, -0.1) is 0 Å². The molecular formula is C9H12N2O2S. The summed E-state index contributed by atoms with van der Waals surface area (Å²) in [7, 11) is 0. The largest absolute Gasteiger partial charge is 0.301 e. The van der Waals surface area contributed by atoms with Gasteiger partial charge < -0.3 is 0 Å². The highest BCUT2D eigenvalue weighted by atomic mass is 32.2. The fraction of sp³-hybridized carbons (Fsp3) is 0.444. The highest BCUT2D eigenvalue weighted by Crippen LogP contribution is 2.35. The van der Waals surface area contributed by atoms with E-state index in [1.54, 1.807) is 12.3 Å². The zero-order chi connectivity index (χ0) is 10.8. The smallest absolute Gasteiger partial charge is 0.258 e. The molecular weight excluding hydrogens is 200 g/mol. The molecule has 0 amide bonds. The molecule has 1 aromatic heterocycles. The number of thioether (sulfide) groups is 1. The maximum atomic E-state index is 10.7. The average Bonchev–Trinajstić information content (AvgIpc) is 2.01. The highest BCUT2D eigenvalue weighted by Gasteiger charge is 2.21.